The number of hydrogen-bond donors (Lipinski definition) is 2. The zero-order valence-corrected chi connectivity index (χ0v) is 11.4. The Bertz CT molecular complexity index is 369. The highest BCUT2D eigenvalue weighted by Gasteiger charge is 2.18. The van der Waals surface area contributed by atoms with Crippen molar-refractivity contribution in [3.63, 3.8) is 0 Å². The topological polar surface area (TPSA) is 58.0 Å². The van der Waals surface area contributed by atoms with Crippen LogP contribution >= 0.6 is 11.6 Å². The largest absolute Gasteiger partial charge is 0.396 e. The average Bonchev–Trinajstić information content (AvgIpc) is 2.26. The fourth-order valence-electron chi connectivity index (χ4n) is 1.57. The smallest absolute Gasteiger partial charge is 0.137 e. The van der Waals surface area contributed by atoms with E-state index < -0.39 is 0 Å². The molecule has 0 aliphatic carbocycles. The summed E-state index contributed by atoms with van der Waals surface area (Å²) in [5, 5.41) is 12.8. The molecule has 1 heterocycles. The van der Waals surface area contributed by atoms with Crippen molar-refractivity contribution >= 4 is 17.4 Å². The van der Waals surface area contributed by atoms with E-state index in [1.54, 1.807) is 0 Å². The molecule has 0 saturated heterocycles. The summed E-state index contributed by atoms with van der Waals surface area (Å²) in [5.74, 6) is 0.790. The van der Waals surface area contributed by atoms with Gasteiger partial charge in [-0.1, -0.05) is 32.4 Å². The lowest BCUT2D eigenvalue weighted by atomic mass is 9.90. The van der Waals surface area contributed by atoms with Gasteiger partial charge in [0.15, 0.2) is 0 Å². The van der Waals surface area contributed by atoms with E-state index in [9.17, 15) is 0 Å². The second kappa shape index (κ2) is 6.17. The van der Waals surface area contributed by atoms with Crippen LogP contribution < -0.4 is 5.32 Å². The summed E-state index contributed by atoms with van der Waals surface area (Å²) in [6.07, 6.45) is 3.01. The van der Waals surface area contributed by atoms with E-state index >= 15 is 0 Å². The third-order valence-electron chi connectivity index (χ3n) is 2.77. The van der Waals surface area contributed by atoms with Crippen molar-refractivity contribution < 1.29 is 5.11 Å². The predicted octanol–water partition coefficient (Wildman–Crippen LogP) is 2.51. The highest BCUT2D eigenvalue weighted by atomic mass is 35.5. The van der Waals surface area contributed by atoms with Crippen LogP contribution in [0.1, 0.15) is 32.8 Å². The third-order valence-corrected chi connectivity index (χ3v) is 3.10. The quantitative estimate of drug-likeness (QED) is 0.769. The van der Waals surface area contributed by atoms with E-state index in [1.807, 2.05) is 6.92 Å². The van der Waals surface area contributed by atoms with Gasteiger partial charge < -0.3 is 10.4 Å². The van der Waals surface area contributed by atoms with Gasteiger partial charge in [0, 0.05) is 18.7 Å². The Morgan fingerprint density at radius 3 is 2.71 bits per heavy atom. The molecular formula is C12H20ClN3O. The molecule has 0 saturated carbocycles. The molecule has 0 aliphatic rings. The Hall–Kier alpha value is -0.870. The van der Waals surface area contributed by atoms with Gasteiger partial charge in [0.05, 0.1) is 0 Å². The number of rotatable bonds is 6. The highest BCUT2D eigenvalue weighted by Crippen LogP contribution is 2.24. The van der Waals surface area contributed by atoms with Crippen LogP contribution in [0.25, 0.3) is 0 Å². The molecule has 1 rings (SSSR count). The lowest BCUT2D eigenvalue weighted by Gasteiger charge is -2.24. The molecule has 0 aliphatic heterocycles. The molecule has 0 aromatic carbocycles. The number of nitrogens with zero attached hydrogens (tertiary/aromatic N) is 2. The van der Waals surface area contributed by atoms with Crippen LogP contribution in [-0.4, -0.2) is 28.2 Å². The maximum Gasteiger partial charge on any atom is 0.137 e. The Morgan fingerprint density at radius 2 is 2.12 bits per heavy atom. The Balaban J connectivity index is 2.72. The summed E-state index contributed by atoms with van der Waals surface area (Å²) in [7, 11) is 0. The van der Waals surface area contributed by atoms with E-state index in [1.165, 1.54) is 6.33 Å². The van der Waals surface area contributed by atoms with Gasteiger partial charge in [-0.25, -0.2) is 9.97 Å². The molecule has 4 nitrogen and oxygen atoms in total. The van der Waals surface area contributed by atoms with Gasteiger partial charge in [0.25, 0.3) is 0 Å². The van der Waals surface area contributed by atoms with E-state index in [4.69, 9.17) is 16.7 Å². The van der Waals surface area contributed by atoms with E-state index in [2.05, 4.69) is 29.1 Å². The van der Waals surface area contributed by atoms with Crippen molar-refractivity contribution in [3.05, 3.63) is 17.0 Å². The molecule has 5 heteroatoms. The van der Waals surface area contributed by atoms with Gasteiger partial charge in [-0.05, 0) is 18.3 Å². The summed E-state index contributed by atoms with van der Waals surface area (Å²) >= 11 is 6.01. The lowest BCUT2D eigenvalue weighted by molar-refractivity contribution is 0.220. The SMILES string of the molecule is CCc1c(Cl)ncnc1NCC(C)(C)CCO. The molecule has 0 unspecified atom stereocenters. The minimum atomic E-state index is 0.0250. The molecule has 0 atom stereocenters. The summed E-state index contributed by atoms with van der Waals surface area (Å²) in [6, 6.07) is 0. The number of hydrogen-bond acceptors (Lipinski definition) is 4. The molecule has 0 fully saturated rings. The van der Waals surface area contributed by atoms with Crippen LogP contribution in [0.5, 0.6) is 0 Å². The maximum absolute atomic E-state index is 8.97. The maximum atomic E-state index is 8.97. The van der Waals surface area contributed by atoms with Gasteiger partial charge in [0.2, 0.25) is 0 Å². The van der Waals surface area contributed by atoms with E-state index in [0.717, 1.165) is 30.8 Å². The van der Waals surface area contributed by atoms with Crippen LogP contribution in [-0.2, 0) is 6.42 Å². The zero-order chi connectivity index (χ0) is 12.9. The second-order valence-electron chi connectivity index (χ2n) is 4.84. The van der Waals surface area contributed by atoms with Gasteiger partial charge in [0.1, 0.15) is 17.3 Å². The third kappa shape index (κ3) is 4.13. The number of halogens is 1. The number of aromatic nitrogens is 2. The molecule has 1 aromatic rings. The Kier molecular flexibility index (Phi) is 5.15. The van der Waals surface area contributed by atoms with Crippen LogP contribution in [0.2, 0.25) is 5.15 Å². The predicted molar refractivity (Wildman–Crippen MR) is 70.4 cm³/mol. The number of anilines is 1. The van der Waals surface area contributed by atoms with Crippen molar-refractivity contribution in [2.45, 2.75) is 33.6 Å². The van der Waals surface area contributed by atoms with Crippen molar-refractivity contribution in [1.29, 1.82) is 0 Å². The van der Waals surface area contributed by atoms with Gasteiger partial charge in [-0.2, -0.15) is 0 Å². The van der Waals surface area contributed by atoms with Crippen molar-refractivity contribution in [3.8, 4) is 0 Å². The molecule has 0 radical (unpaired) electrons. The van der Waals surface area contributed by atoms with Gasteiger partial charge >= 0.3 is 0 Å². The normalized spacial score (nSPS) is 11.6. The van der Waals surface area contributed by atoms with Crippen molar-refractivity contribution in [2.75, 3.05) is 18.5 Å². The summed E-state index contributed by atoms with van der Waals surface area (Å²) in [4.78, 5) is 8.17. The summed E-state index contributed by atoms with van der Waals surface area (Å²) in [5.41, 5.74) is 0.964. The minimum Gasteiger partial charge on any atom is -0.396 e. The van der Waals surface area contributed by atoms with E-state index in [-0.39, 0.29) is 12.0 Å². The first-order valence-electron chi connectivity index (χ1n) is 5.84. The average molecular weight is 258 g/mol. The molecule has 17 heavy (non-hydrogen) atoms. The van der Waals surface area contributed by atoms with Crippen LogP contribution in [0.4, 0.5) is 5.82 Å². The summed E-state index contributed by atoms with van der Waals surface area (Å²) in [6.45, 7) is 7.16. The lowest BCUT2D eigenvalue weighted by Crippen LogP contribution is -2.25. The van der Waals surface area contributed by atoms with E-state index in [0.29, 0.717) is 5.15 Å². The highest BCUT2D eigenvalue weighted by molar-refractivity contribution is 6.30. The zero-order valence-electron chi connectivity index (χ0n) is 10.6. The van der Waals surface area contributed by atoms with Crippen LogP contribution in [0.3, 0.4) is 0 Å². The Morgan fingerprint density at radius 1 is 1.41 bits per heavy atom. The molecule has 0 amide bonds. The first kappa shape index (κ1) is 14.2. The fraction of sp³-hybridized carbons (Fsp3) is 0.667. The molecule has 1 aromatic heterocycles. The Labute approximate surface area is 107 Å². The summed E-state index contributed by atoms with van der Waals surface area (Å²) < 4.78 is 0. The van der Waals surface area contributed by atoms with Crippen LogP contribution in [0, 0.1) is 5.41 Å². The van der Waals surface area contributed by atoms with Crippen molar-refractivity contribution in [2.24, 2.45) is 5.41 Å². The molecule has 0 spiro atoms. The van der Waals surface area contributed by atoms with Gasteiger partial charge in [-0.15, -0.1) is 0 Å². The van der Waals surface area contributed by atoms with Gasteiger partial charge in [-0.3, -0.25) is 0 Å². The molecule has 96 valence electrons. The fourth-order valence-corrected chi connectivity index (χ4v) is 1.84. The monoisotopic (exact) mass is 257 g/mol. The second-order valence-corrected chi connectivity index (χ2v) is 5.19. The van der Waals surface area contributed by atoms with Crippen LogP contribution in [0.15, 0.2) is 6.33 Å². The van der Waals surface area contributed by atoms with Crippen molar-refractivity contribution in [1.82, 2.24) is 9.97 Å². The molecule has 2 N–H and O–H groups in total. The minimum absolute atomic E-state index is 0.0250. The standard InChI is InChI=1S/C12H20ClN3O/c1-4-9-10(13)15-8-16-11(9)14-7-12(2,3)5-6-17/h8,17H,4-7H2,1-3H3,(H,14,15,16). The number of aliphatic hydroxyl groups excluding tert-OH is 1. The molecule has 0 bridgehead atoms. The number of aliphatic hydroxyl groups is 1. The first-order chi connectivity index (χ1) is 8.00. The first-order valence-corrected chi connectivity index (χ1v) is 6.22. The number of nitrogens with one attached hydrogen (secondary N) is 1. The molecular weight excluding hydrogens is 238 g/mol.